The number of anilines is 1. The first-order valence-corrected chi connectivity index (χ1v) is 11.7. The van der Waals surface area contributed by atoms with Crippen LogP contribution in [0.15, 0.2) is 16.4 Å². The van der Waals surface area contributed by atoms with Gasteiger partial charge < -0.3 is 15.1 Å². The van der Waals surface area contributed by atoms with Crippen molar-refractivity contribution in [2.24, 2.45) is 4.99 Å². The molecule has 28 heavy (non-hydrogen) atoms. The van der Waals surface area contributed by atoms with Crippen molar-refractivity contribution in [2.75, 3.05) is 57.8 Å². The molecule has 0 amide bonds. The Hall–Kier alpha value is -1.71. The van der Waals surface area contributed by atoms with Crippen LogP contribution in [0.1, 0.15) is 23.2 Å². The van der Waals surface area contributed by atoms with Crippen LogP contribution in [0.3, 0.4) is 0 Å². The summed E-state index contributed by atoms with van der Waals surface area (Å²) in [4.78, 5) is 17.9. The van der Waals surface area contributed by atoms with Crippen LogP contribution in [-0.4, -0.2) is 78.0 Å². The average Bonchev–Trinajstić information content (AvgIpc) is 3.40. The van der Waals surface area contributed by atoms with Crippen molar-refractivity contribution in [3.05, 3.63) is 27.7 Å². The Morgan fingerprint density at radius 1 is 1.25 bits per heavy atom. The van der Waals surface area contributed by atoms with Gasteiger partial charge in [0.1, 0.15) is 5.82 Å². The quantitative estimate of drug-likeness (QED) is 0.590. The summed E-state index contributed by atoms with van der Waals surface area (Å²) in [7, 11) is 1.88. The molecule has 0 spiro atoms. The number of nitrogens with zero attached hydrogens (tertiary/aromatic N) is 6. The van der Waals surface area contributed by atoms with Crippen LogP contribution < -0.4 is 10.2 Å². The van der Waals surface area contributed by atoms with Crippen molar-refractivity contribution in [2.45, 2.75) is 26.3 Å². The van der Waals surface area contributed by atoms with E-state index in [1.165, 1.54) is 23.5 Å². The molecule has 152 valence electrons. The fraction of sp³-hybridized carbons (Fsp3) is 0.632. The molecule has 2 aliphatic rings. The van der Waals surface area contributed by atoms with Gasteiger partial charge in [-0.2, -0.15) is 4.37 Å². The highest BCUT2D eigenvalue weighted by atomic mass is 32.1. The molecule has 4 heterocycles. The molecule has 0 unspecified atom stereocenters. The highest BCUT2D eigenvalue weighted by molar-refractivity contribution is 7.10. The maximum atomic E-state index is 4.62. The minimum atomic E-state index is 0.901. The zero-order valence-corrected chi connectivity index (χ0v) is 18.4. The zero-order valence-electron chi connectivity index (χ0n) is 16.7. The Balaban J connectivity index is 1.22. The van der Waals surface area contributed by atoms with Crippen LogP contribution in [0, 0.1) is 0 Å². The summed E-state index contributed by atoms with van der Waals surface area (Å²) in [6.07, 6.45) is 2.09. The number of piperazine rings is 1. The van der Waals surface area contributed by atoms with Gasteiger partial charge in [-0.1, -0.05) is 6.92 Å². The van der Waals surface area contributed by atoms with Gasteiger partial charge in [-0.3, -0.25) is 9.89 Å². The minimum absolute atomic E-state index is 0.901. The summed E-state index contributed by atoms with van der Waals surface area (Å²) in [5, 5.41) is 6.84. The highest BCUT2D eigenvalue weighted by Crippen LogP contribution is 2.23. The van der Waals surface area contributed by atoms with Gasteiger partial charge in [-0.05, 0) is 23.4 Å². The molecule has 0 radical (unpaired) electrons. The molecule has 0 aliphatic carbocycles. The largest absolute Gasteiger partial charge is 0.355 e. The van der Waals surface area contributed by atoms with Gasteiger partial charge in [0.05, 0.1) is 0 Å². The van der Waals surface area contributed by atoms with E-state index in [2.05, 4.69) is 52.7 Å². The minimum Gasteiger partial charge on any atom is -0.355 e. The van der Waals surface area contributed by atoms with Gasteiger partial charge >= 0.3 is 0 Å². The molecule has 2 aliphatic heterocycles. The van der Waals surface area contributed by atoms with E-state index >= 15 is 0 Å². The van der Waals surface area contributed by atoms with Crippen LogP contribution >= 0.6 is 22.9 Å². The number of guanidine groups is 1. The van der Waals surface area contributed by atoms with E-state index in [9.17, 15) is 0 Å². The highest BCUT2D eigenvalue weighted by Gasteiger charge is 2.22. The average molecular weight is 420 g/mol. The first-order chi connectivity index (χ1) is 13.8. The number of aromatic nitrogens is 2. The summed E-state index contributed by atoms with van der Waals surface area (Å²) < 4.78 is 4.41. The van der Waals surface area contributed by atoms with E-state index in [0.29, 0.717) is 0 Å². The predicted molar refractivity (Wildman–Crippen MR) is 118 cm³/mol. The summed E-state index contributed by atoms with van der Waals surface area (Å²) >= 11 is 3.42. The van der Waals surface area contributed by atoms with E-state index in [0.717, 1.165) is 75.7 Å². The van der Waals surface area contributed by atoms with Crippen LogP contribution in [0.2, 0.25) is 0 Å². The van der Waals surface area contributed by atoms with Crippen LogP contribution in [-0.2, 0) is 19.4 Å². The molecule has 0 aromatic carbocycles. The normalized spacial score (nSPS) is 18.4. The Labute approximate surface area is 175 Å². The SMILES string of the molecule is CCc1nsc(N2CCN(C(=NC)NCCN3CCc4sccc4C3)CC2)n1. The van der Waals surface area contributed by atoms with Gasteiger partial charge in [0.25, 0.3) is 0 Å². The number of aryl methyl sites for hydroxylation is 1. The molecule has 9 heteroatoms. The van der Waals surface area contributed by atoms with Gasteiger partial charge in [0, 0.05) is 82.2 Å². The zero-order chi connectivity index (χ0) is 19.3. The fourth-order valence-corrected chi connectivity index (χ4v) is 5.47. The van der Waals surface area contributed by atoms with Crippen LogP contribution in [0.4, 0.5) is 5.13 Å². The Bertz CT molecular complexity index is 792. The second kappa shape index (κ2) is 9.19. The molecule has 0 bridgehead atoms. The lowest BCUT2D eigenvalue weighted by molar-refractivity contribution is 0.258. The van der Waals surface area contributed by atoms with Gasteiger partial charge in [0.2, 0.25) is 5.13 Å². The van der Waals surface area contributed by atoms with E-state index in [4.69, 9.17) is 0 Å². The second-order valence-electron chi connectivity index (χ2n) is 7.19. The number of hydrogen-bond acceptors (Lipinski definition) is 7. The first-order valence-electron chi connectivity index (χ1n) is 10.1. The lowest BCUT2D eigenvalue weighted by Gasteiger charge is -2.36. The number of nitrogens with one attached hydrogen (secondary N) is 1. The van der Waals surface area contributed by atoms with Crippen molar-refractivity contribution >= 4 is 34.0 Å². The maximum Gasteiger partial charge on any atom is 0.205 e. The van der Waals surface area contributed by atoms with E-state index in [1.807, 2.05) is 18.4 Å². The Morgan fingerprint density at radius 2 is 2.11 bits per heavy atom. The first kappa shape index (κ1) is 19.6. The van der Waals surface area contributed by atoms with Crippen molar-refractivity contribution in [3.63, 3.8) is 0 Å². The summed E-state index contributed by atoms with van der Waals surface area (Å²) in [6.45, 7) is 10.2. The maximum absolute atomic E-state index is 4.62. The van der Waals surface area contributed by atoms with Crippen molar-refractivity contribution in [3.8, 4) is 0 Å². The lowest BCUT2D eigenvalue weighted by atomic mass is 10.1. The molecule has 1 fully saturated rings. The number of fused-ring (bicyclic) bond motifs is 1. The van der Waals surface area contributed by atoms with E-state index in [-0.39, 0.29) is 0 Å². The topological polar surface area (TPSA) is 59.9 Å². The van der Waals surface area contributed by atoms with Gasteiger partial charge in [0.15, 0.2) is 5.96 Å². The summed E-state index contributed by atoms with van der Waals surface area (Å²) in [5.74, 6) is 1.96. The summed E-state index contributed by atoms with van der Waals surface area (Å²) in [6, 6.07) is 2.28. The molecular formula is C19H29N7S2. The third-order valence-electron chi connectivity index (χ3n) is 5.43. The van der Waals surface area contributed by atoms with Crippen LogP contribution in [0.25, 0.3) is 0 Å². The molecule has 2 aromatic rings. The Morgan fingerprint density at radius 3 is 2.86 bits per heavy atom. The molecule has 0 saturated carbocycles. The molecule has 1 N–H and O–H groups in total. The number of hydrogen-bond donors (Lipinski definition) is 1. The molecule has 2 aromatic heterocycles. The third kappa shape index (κ3) is 4.47. The Kier molecular flexibility index (Phi) is 6.43. The van der Waals surface area contributed by atoms with E-state index in [1.54, 1.807) is 4.88 Å². The lowest BCUT2D eigenvalue weighted by Crippen LogP contribution is -2.53. The standard InChI is InChI=1S/C19H29N7S2/c1-3-17-22-19(28-23-17)26-11-9-25(10-12-26)18(20-2)21-6-8-24-7-4-16-15(14-24)5-13-27-16/h5,13H,3-4,6-12,14H2,1-2H3,(H,20,21). The molecule has 0 atom stereocenters. The number of aliphatic imine (C=N–C) groups is 1. The fourth-order valence-electron chi connectivity index (χ4n) is 3.78. The van der Waals surface area contributed by atoms with Gasteiger partial charge in [-0.25, -0.2) is 4.98 Å². The molecule has 1 saturated heterocycles. The molecular weight excluding hydrogens is 390 g/mol. The van der Waals surface area contributed by atoms with Gasteiger partial charge in [-0.15, -0.1) is 11.3 Å². The predicted octanol–water partition coefficient (Wildman–Crippen LogP) is 1.92. The van der Waals surface area contributed by atoms with Crippen molar-refractivity contribution < 1.29 is 0 Å². The van der Waals surface area contributed by atoms with E-state index < -0.39 is 0 Å². The van der Waals surface area contributed by atoms with Crippen molar-refractivity contribution in [1.82, 2.24) is 24.5 Å². The third-order valence-corrected chi connectivity index (χ3v) is 7.27. The molecule has 4 rings (SSSR count). The molecule has 7 nitrogen and oxygen atoms in total. The smallest absolute Gasteiger partial charge is 0.205 e. The monoisotopic (exact) mass is 419 g/mol. The summed E-state index contributed by atoms with van der Waals surface area (Å²) in [5.41, 5.74) is 1.51. The number of thiophene rings is 1. The van der Waals surface area contributed by atoms with Crippen LogP contribution in [0.5, 0.6) is 0 Å². The second-order valence-corrected chi connectivity index (χ2v) is 8.92. The van der Waals surface area contributed by atoms with Crippen molar-refractivity contribution in [1.29, 1.82) is 0 Å². The number of rotatable bonds is 5.